The minimum atomic E-state index is -0.167. The van der Waals surface area contributed by atoms with Gasteiger partial charge in [0.1, 0.15) is 0 Å². The lowest BCUT2D eigenvalue weighted by Crippen LogP contribution is -2.32. The largest absolute Gasteiger partial charge is 0.454 e. The van der Waals surface area contributed by atoms with Crippen molar-refractivity contribution in [3.8, 4) is 11.5 Å². The first-order chi connectivity index (χ1) is 12.5. The molecule has 0 saturated carbocycles. The van der Waals surface area contributed by atoms with Crippen molar-refractivity contribution in [1.82, 2.24) is 10.6 Å². The molecule has 1 aliphatic heterocycles. The minimum Gasteiger partial charge on any atom is -0.454 e. The highest BCUT2D eigenvalue weighted by Gasteiger charge is 2.17. The zero-order valence-electron chi connectivity index (χ0n) is 14.9. The number of rotatable bonds is 6. The zero-order chi connectivity index (χ0) is 18.5. The molecule has 0 aliphatic carbocycles. The maximum Gasteiger partial charge on any atom is 0.251 e. The summed E-state index contributed by atoms with van der Waals surface area (Å²) in [4.78, 5) is 24.3. The monoisotopic (exact) mass is 354 g/mol. The number of benzene rings is 2. The Balaban J connectivity index is 1.47. The maximum absolute atomic E-state index is 12.1. The Morgan fingerprint density at radius 3 is 2.69 bits per heavy atom. The molecule has 2 amide bonds. The van der Waals surface area contributed by atoms with Crippen molar-refractivity contribution in [2.45, 2.75) is 26.3 Å². The van der Waals surface area contributed by atoms with Gasteiger partial charge >= 0.3 is 0 Å². The molecule has 0 bridgehead atoms. The second-order valence-corrected chi connectivity index (χ2v) is 6.22. The first-order valence-corrected chi connectivity index (χ1v) is 8.57. The van der Waals surface area contributed by atoms with E-state index in [1.165, 1.54) is 0 Å². The molecule has 0 aromatic heterocycles. The predicted molar refractivity (Wildman–Crippen MR) is 97.3 cm³/mol. The van der Waals surface area contributed by atoms with Crippen LogP contribution < -0.4 is 20.1 Å². The van der Waals surface area contributed by atoms with Crippen LogP contribution in [0.2, 0.25) is 0 Å². The second kappa shape index (κ2) is 7.91. The quantitative estimate of drug-likeness (QED) is 0.836. The molecule has 2 aromatic rings. The van der Waals surface area contributed by atoms with Crippen molar-refractivity contribution in [2.75, 3.05) is 13.3 Å². The van der Waals surface area contributed by atoms with Gasteiger partial charge in [-0.05, 0) is 43.2 Å². The summed E-state index contributed by atoms with van der Waals surface area (Å²) in [5, 5.41) is 5.71. The average Bonchev–Trinajstić information content (AvgIpc) is 3.09. The molecular formula is C20H22N2O4. The van der Waals surface area contributed by atoms with Crippen molar-refractivity contribution in [1.29, 1.82) is 0 Å². The molecule has 6 nitrogen and oxygen atoms in total. The van der Waals surface area contributed by atoms with Gasteiger partial charge in [0.15, 0.2) is 11.5 Å². The predicted octanol–water partition coefficient (Wildman–Crippen LogP) is 2.72. The van der Waals surface area contributed by atoms with Crippen LogP contribution in [0.25, 0.3) is 0 Å². The highest BCUT2D eigenvalue weighted by molar-refractivity contribution is 5.95. The van der Waals surface area contributed by atoms with Crippen molar-refractivity contribution < 1.29 is 19.1 Å². The van der Waals surface area contributed by atoms with E-state index in [0.717, 1.165) is 11.1 Å². The van der Waals surface area contributed by atoms with Crippen LogP contribution in [-0.2, 0) is 4.79 Å². The summed E-state index contributed by atoms with van der Waals surface area (Å²) in [6.07, 6.45) is 0.215. The number of ether oxygens (including phenoxy) is 2. The molecule has 0 spiro atoms. The lowest BCUT2D eigenvalue weighted by Gasteiger charge is -2.15. The Kier molecular flexibility index (Phi) is 5.41. The van der Waals surface area contributed by atoms with Crippen LogP contribution in [0.5, 0.6) is 11.5 Å². The van der Waals surface area contributed by atoms with Gasteiger partial charge in [-0.15, -0.1) is 0 Å². The minimum absolute atomic E-state index is 0.125. The van der Waals surface area contributed by atoms with Gasteiger partial charge in [-0.25, -0.2) is 0 Å². The average molecular weight is 354 g/mol. The summed E-state index contributed by atoms with van der Waals surface area (Å²) in [6, 6.07) is 12.8. The van der Waals surface area contributed by atoms with Crippen molar-refractivity contribution in [3.63, 3.8) is 0 Å². The number of hydrogen-bond donors (Lipinski definition) is 2. The SMILES string of the molecule is Cc1ccccc1C(=O)NCCC(=O)NC(C)c1ccc2c(c1)OCO2. The fourth-order valence-corrected chi connectivity index (χ4v) is 2.79. The van der Waals surface area contributed by atoms with Gasteiger partial charge in [-0.3, -0.25) is 9.59 Å². The lowest BCUT2D eigenvalue weighted by molar-refractivity contribution is -0.121. The maximum atomic E-state index is 12.1. The summed E-state index contributed by atoms with van der Waals surface area (Å²) < 4.78 is 10.6. The Morgan fingerprint density at radius 1 is 1.12 bits per heavy atom. The van der Waals surface area contributed by atoms with Crippen molar-refractivity contribution in [2.24, 2.45) is 0 Å². The number of carbonyl (C=O) groups excluding carboxylic acids is 2. The smallest absolute Gasteiger partial charge is 0.251 e. The van der Waals surface area contributed by atoms with Crippen LogP contribution in [0, 0.1) is 6.92 Å². The van der Waals surface area contributed by atoms with Crippen LogP contribution in [0.4, 0.5) is 0 Å². The van der Waals surface area contributed by atoms with Gasteiger partial charge in [0.05, 0.1) is 6.04 Å². The summed E-state index contributed by atoms with van der Waals surface area (Å²) in [6.45, 7) is 4.29. The molecule has 2 aromatic carbocycles. The zero-order valence-corrected chi connectivity index (χ0v) is 14.9. The van der Waals surface area contributed by atoms with E-state index in [9.17, 15) is 9.59 Å². The summed E-state index contributed by atoms with van der Waals surface area (Å²) in [7, 11) is 0. The molecule has 0 saturated heterocycles. The first kappa shape index (κ1) is 17.8. The molecule has 2 N–H and O–H groups in total. The molecule has 136 valence electrons. The molecule has 1 atom stereocenters. The Bertz CT molecular complexity index is 819. The van der Waals surface area contributed by atoms with E-state index in [1.807, 2.05) is 50.2 Å². The molecule has 1 aliphatic rings. The Hall–Kier alpha value is -3.02. The topological polar surface area (TPSA) is 76.7 Å². The van der Waals surface area contributed by atoms with Gasteiger partial charge in [-0.1, -0.05) is 24.3 Å². The Morgan fingerprint density at radius 2 is 1.88 bits per heavy atom. The van der Waals surface area contributed by atoms with E-state index in [0.29, 0.717) is 17.1 Å². The van der Waals surface area contributed by atoms with Crippen LogP contribution in [-0.4, -0.2) is 25.2 Å². The second-order valence-electron chi connectivity index (χ2n) is 6.22. The molecule has 6 heteroatoms. The normalized spacial score (nSPS) is 13.2. The Labute approximate surface area is 152 Å². The van der Waals surface area contributed by atoms with Gasteiger partial charge in [0.2, 0.25) is 12.7 Å². The van der Waals surface area contributed by atoms with E-state index in [4.69, 9.17) is 9.47 Å². The molecule has 1 unspecified atom stereocenters. The van der Waals surface area contributed by atoms with Gasteiger partial charge in [0.25, 0.3) is 5.91 Å². The third kappa shape index (κ3) is 4.14. The number of amides is 2. The van der Waals surface area contributed by atoms with E-state index in [-0.39, 0.29) is 37.6 Å². The van der Waals surface area contributed by atoms with E-state index < -0.39 is 0 Å². The molecule has 0 fully saturated rings. The number of nitrogens with one attached hydrogen (secondary N) is 2. The van der Waals surface area contributed by atoms with Crippen LogP contribution in [0.15, 0.2) is 42.5 Å². The highest BCUT2D eigenvalue weighted by atomic mass is 16.7. The summed E-state index contributed by atoms with van der Waals surface area (Å²) in [5.41, 5.74) is 2.47. The summed E-state index contributed by atoms with van der Waals surface area (Å²) in [5.74, 6) is 1.11. The number of hydrogen-bond acceptors (Lipinski definition) is 4. The van der Waals surface area contributed by atoms with Gasteiger partial charge in [0, 0.05) is 18.5 Å². The molecule has 3 rings (SSSR count). The standard InChI is InChI=1S/C20H22N2O4/c1-13-5-3-4-6-16(13)20(24)21-10-9-19(23)22-14(2)15-7-8-17-18(11-15)26-12-25-17/h3-8,11,14H,9-10,12H2,1-2H3,(H,21,24)(H,22,23). The van der Waals surface area contributed by atoms with Gasteiger partial charge < -0.3 is 20.1 Å². The lowest BCUT2D eigenvalue weighted by atomic mass is 10.1. The highest BCUT2D eigenvalue weighted by Crippen LogP contribution is 2.34. The number of fused-ring (bicyclic) bond motifs is 1. The fraction of sp³-hybridized carbons (Fsp3) is 0.300. The molecule has 1 heterocycles. The third-order valence-corrected chi connectivity index (χ3v) is 4.30. The number of aryl methyl sites for hydroxylation is 1. The molecular weight excluding hydrogens is 332 g/mol. The van der Waals surface area contributed by atoms with E-state index >= 15 is 0 Å². The fourth-order valence-electron chi connectivity index (χ4n) is 2.79. The van der Waals surface area contributed by atoms with Crippen molar-refractivity contribution >= 4 is 11.8 Å². The first-order valence-electron chi connectivity index (χ1n) is 8.57. The van der Waals surface area contributed by atoms with Crippen LogP contribution in [0.3, 0.4) is 0 Å². The number of carbonyl (C=O) groups is 2. The van der Waals surface area contributed by atoms with Gasteiger partial charge in [-0.2, -0.15) is 0 Å². The third-order valence-electron chi connectivity index (χ3n) is 4.30. The van der Waals surface area contributed by atoms with Crippen molar-refractivity contribution in [3.05, 3.63) is 59.2 Å². The van der Waals surface area contributed by atoms with Crippen LogP contribution >= 0.6 is 0 Å². The van der Waals surface area contributed by atoms with E-state index in [1.54, 1.807) is 6.07 Å². The molecule has 26 heavy (non-hydrogen) atoms. The summed E-state index contributed by atoms with van der Waals surface area (Å²) >= 11 is 0. The molecule has 0 radical (unpaired) electrons. The van der Waals surface area contributed by atoms with E-state index in [2.05, 4.69) is 10.6 Å². The van der Waals surface area contributed by atoms with Crippen LogP contribution in [0.1, 0.15) is 40.9 Å².